The van der Waals surface area contributed by atoms with E-state index in [1.807, 2.05) is 0 Å². The van der Waals surface area contributed by atoms with Gasteiger partial charge in [0, 0.05) is 26.2 Å². The van der Waals surface area contributed by atoms with Gasteiger partial charge in [0.2, 0.25) is 0 Å². The molecule has 100 valence electrons. The predicted molar refractivity (Wildman–Crippen MR) is 71.0 cm³/mol. The van der Waals surface area contributed by atoms with E-state index in [0.717, 1.165) is 25.0 Å². The summed E-state index contributed by atoms with van der Waals surface area (Å²) in [5.41, 5.74) is 6.05. The Morgan fingerprint density at radius 1 is 1.29 bits per heavy atom. The minimum atomic E-state index is 0.0459. The fraction of sp³-hybridized carbons (Fsp3) is 1.00. The van der Waals surface area contributed by atoms with E-state index in [1.165, 1.54) is 38.8 Å². The summed E-state index contributed by atoms with van der Waals surface area (Å²) in [7, 11) is 0. The molecule has 1 saturated carbocycles. The number of hydrogen-bond acceptors (Lipinski definition) is 3. The van der Waals surface area contributed by atoms with Crippen LogP contribution in [-0.4, -0.2) is 43.3 Å². The molecule has 1 heterocycles. The van der Waals surface area contributed by atoms with Crippen LogP contribution in [-0.2, 0) is 4.74 Å². The minimum absolute atomic E-state index is 0.0459. The third-order valence-corrected chi connectivity index (χ3v) is 4.67. The number of hydrogen-bond donors (Lipinski definition) is 1. The number of fused-ring (bicyclic) bond motifs is 2. The smallest absolute Gasteiger partial charge is 0.0659 e. The van der Waals surface area contributed by atoms with E-state index >= 15 is 0 Å². The molecular weight excluding hydrogens is 212 g/mol. The lowest BCUT2D eigenvalue weighted by Gasteiger charge is -2.49. The van der Waals surface area contributed by atoms with Gasteiger partial charge < -0.3 is 10.5 Å². The maximum absolute atomic E-state index is 6.01. The summed E-state index contributed by atoms with van der Waals surface area (Å²) in [6, 6.07) is 0. The van der Waals surface area contributed by atoms with Crippen molar-refractivity contribution >= 4 is 0 Å². The number of likely N-dealkylation sites (tertiary alicyclic amines) is 1. The molecule has 1 aliphatic carbocycles. The lowest BCUT2D eigenvalue weighted by Crippen LogP contribution is -2.59. The second kappa shape index (κ2) is 5.68. The van der Waals surface area contributed by atoms with E-state index in [-0.39, 0.29) is 5.54 Å². The Kier molecular flexibility index (Phi) is 4.45. The van der Waals surface area contributed by atoms with E-state index in [4.69, 9.17) is 10.5 Å². The maximum atomic E-state index is 6.01. The Morgan fingerprint density at radius 3 is 2.47 bits per heavy atom. The molecule has 0 aromatic heterocycles. The van der Waals surface area contributed by atoms with Crippen molar-refractivity contribution < 1.29 is 4.74 Å². The van der Waals surface area contributed by atoms with Crippen molar-refractivity contribution in [2.45, 2.75) is 45.1 Å². The van der Waals surface area contributed by atoms with Gasteiger partial charge in [0.25, 0.3) is 0 Å². The standard InChI is InChI=1S/C14H28N2O/c1-3-17-11-14(2,10-15)16-8-12-5-4-6-13(7-12)9-16/h12-13H,3-11,15H2,1-2H3. The molecule has 1 aliphatic heterocycles. The molecule has 2 aliphatic rings. The Morgan fingerprint density at radius 2 is 1.94 bits per heavy atom. The SMILES string of the molecule is CCOCC(C)(CN)N1CC2CCCC(C2)C1. The number of nitrogens with zero attached hydrogens (tertiary/aromatic N) is 1. The molecule has 0 aromatic carbocycles. The molecule has 0 amide bonds. The molecule has 2 rings (SSSR count). The first-order valence-corrected chi connectivity index (χ1v) is 7.21. The third kappa shape index (κ3) is 3.01. The number of rotatable bonds is 5. The summed E-state index contributed by atoms with van der Waals surface area (Å²) < 4.78 is 5.64. The molecular formula is C14H28N2O. The van der Waals surface area contributed by atoms with Crippen LogP contribution in [0.15, 0.2) is 0 Å². The predicted octanol–water partition coefficient (Wildman–Crippen LogP) is 1.86. The van der Waals surface area contributed by atoms with Crippen molar-refractivity contribution in [2.24, 2.45) is 17.6 Å². The molecule has 3 nitrogen and oxygen atoms in total. The maximum Gasteiger partial charge on any atom is 0.0659 e. The second-order valence-corrected chi connectivity index (χ2v) is 6.14. The van der Waals surface area contributed by atoms with Gasteiger partial charge >= 0.3 is 0 Å². The monoisotopic (exact) mass is 240 g/mol. The molecule has 0 spiro atoms. The molecule has 3 heteroatoms. The number of piperidine rings is 1. The summed E-state index contributed by atoms with van der Waals surface area (Å²) in [6.45, 7) is 9.06. The normalized spacial score (nSPS) is 33.4. The molecule has 2 bridgehead atoms. The molecule has 3 atom stereocenters. The van der Waals surface area contributed by atoms with Crippen LogP contribution in [0.25, 0.3) is 0 Å². The first-order chi connectivity index (χ1) is 8.18. The largest absolute Gasteiger partial charge is 0.380 e. The van der Waals surface area contributed by atoms with Gasteiger partial charge in [0.05, 0.1) is 12.1 Å². The van der Waals surface area contributed by atoms with Crippen LogP contribution in [0.1, 0.15) is 39.5 Å². The zero-order chi connectivity index (χ0) is 12.3. The van der Waals surface area contributed by atoms with Crippen LogP contribution < -0.4 is 5.73 Å². The topological polar surface area (TPSA) is 38.5 Å². The first kappa shape index (κ1) is 13.3. The number of nitrogens with two attached hydrogens (primary N) is 1. The van der Waals surface area contributed by atoms with Crippen LogP contribution in [0.2, 0.25) is 0 Å². The zero-order valence-corrected chi connectivity index (χ0v) is 11.5. The summed E-state index contributed by atoms with van der Waals surface area (Å²) in [6.07, 6.45) is 5.73. The lowest BCUT2D eigenvalue weighted by molar-refractivity contribution is -0.0360. The quantitative estimate of drug-likeness (QED) is 0.797. The van der Waals surface area contributed by atoms with Gasteiger partial charge in [0.1, 0.15) is 0 Å². The van der Waals surface area contributed by atoms with Crippen LogP contribution in [0.4, 0.5) is 0 Å². The Hall–Kier alpha value is -0.120. The van der Waals surface area contributed by atoms with Crippen LogP contribution >= 0.6 is 0 Å². The summed E-state index contributed by atoms with van der Waals surface area (Å²) in [4.78, 5) is 2.61. The fourth-order valence-corrected chi connectivity index (χ4v) is 3.47. The van der Waals surface area contributed by atoms with Crippen molar-refractivity contribution in [1.29, 1.82) is 0 Å². The van der Waals surface area contributed by atoms with E-state index in [1.54, 1.807) is 0 Å². The van der Waals surface area contributed by atoms with Crippen LogP contribution in [0, 0.1) is 11.8 Å². The van der Waals surface area contributed by atoms with Crippen molar-refractivity contribution in [1.82, 2.24) is 4.90 Å². The Bertz CT molecular complexity index is 234. The van der Waals surface area contributed by atoms with Gasteiger partial charge in [-0.3, -0.25) is 4.90 Å². The number of ether oxygens (including phenoxy) is 1. The highest BCUT2D eigenvalue weighted by molar-refractivity contribution is 4.94. The van der Waals surface area contributed by atoms with Crippen molar-refractivity contribution in [3.05, 3.63) is 0 Å². The van der Waals surface area contributed by atoms with Gasteiger partial charge in [-0.05, 0) is 44.9 Å². The highest BCUT2D eigenvalue weighted by Gasteiger charge is 2.38. The van der Waals surface area contributed by atoms with Crippen LogP contribution in [0.3, 0.4) is 0 Å². The molecule has 1 saturated heterocycles. The molecule has 17 heavy (non-hydrogen) atoms. The van der Waals surface area contributed by atoms with Gasteiger partial charge in [0.15, 0.2) is 0 Å². The Labute approximate surface area is 106 Å². The molecule has 0 radical (unpaired) electrons. The second-order valence-electron chi connectivity index (χ2n) is 6.14. The van der Waals surface area contributed by atoms with E-state index in [0.29, 0.717) is 6.54 Å². The van der Waals surface area contributed by atoms with Crippen molar-refractivity contribution in [3.63, 3.8) is 0 Å². The summed E-state index contributed by atoms with van der Waals surface area (Å²) in [5.74, 6) is 1.82. The fourth-order valence-electron chi connectivity index (χ4n) is 3.47. The Balaban J connectivity index is 1.99. The third-order valence-electron chi connectivity index (χ3n) is 4.67. The van der Waals surface area contributed by atoms with E-state index in [2.05, 4.69) is 18.7 Å². The summed E-state index contributed by atoms with van der Waals surface area (Å²) >= 11 is 0. The van der Waals surface area contributed by atoms with Crippen molar-refractivity contribution in [3.8, 4) is 0 Å². The summed E-state index contributed by atoms with van der Waals surface area (Å²) in [5, 5.41) is 0. The zero-order valence-electron chi connectivity index (χ0n) is 11.5. The first-order valence-electron chi connectivity index (χ1n) is 7.21. The average molecular weight is 240 g/mol. The van der Waals surface area contributed by atoms with Crippen molar-refractivity contribution in [2.75, 3.05) is 32.8 Å². The minimum Gasteiger partial charge on any atom is -0.380 e. The molecule has 3 unspecified atom stereocenters. The van der Waals surface area contributed by atoms with Gasteiger partial charge in [-0.15, -0.1) is 0 Å². The lowest BCUT2D eigenvalue weighted by atomic mass is 9.76. The van der Waals surface area contributed by atoms with Gasteiger partial charge in [-0.25, -0.2) is 0 Å². The average Bonchev–Trinajstić information content (AvgIpc) is 2.35. The highest BCUT2D eigenvalue weighted by atomic mass is 16.5. The van der Waals surface area contributed by atoms with E-state index in [9.17, 15) is 0 Å². The molecule has 2 N–H and O–H groups in total. The highest BCUT2D eigenvalue weighted by Crippen LogP contribution is 2.36. The van der Waals surface area contributed by atoms with Gasteiger partial charge in [-0.1, -0.05) is 6.42 Å². The van der Waals surface area contributed by atoms with Gasteiger partial charge in [-0.2, -0.15) is 0 Å². The van der Waals surface area contributed by atoms with E-state index < -0.39 is 0 Å². The van der Waals surface area contributed by atoms with Crippen LogP contribution in [0.5, 0.6) is 0 Å². The molecule has 2 fully saturated rings. The molecule has 0 aromatic rings.